The highest BCUT2D eigenvalue weighted by molar-refractivity contribution is 7.18. The van der Waals surface area contributed by atoms with E-state index in [1.54, 1.807) is 42.6 Å². The fourth-order valence-electron chi connectivity index (χ4n) is 2.67. The Morgan fingerprint density at radius 3 is 2.52 bits per heavy atom. The van der Waals surface area contributed by atoms with Gasteiger partial charge in [-0.25, -0.2) is 4.98 Å². The Balaban J connectivity index is 1.60. The van der Waals surface area contributed by atoms with Gasteiger partial charge in [0.05, 0.1) is 22.8 Å². The fourth-order valence-corrected chi connectivity index (χ4v) is 3.76. The molecule has 140 valence electrons. The van der Waals surface area contributed by atoms with Crippen molar-refractivity contribution in [1.82, 2.24) is 15.2 Å². The summed E-state index contributed by atoms with van der Waals surface area (Å²) in [6, 6.07) is 14.9. The number of amides is 2. The van der Waals surface area contributed by atoms with E-state index in [1.807, 2.05) is 37.1 Å². The average molecular weight is 382 g/mol. The molecule has 27 heavy (non-hydrogen) atoms. The van der Waals surface area contributed by atoms with Gasteiger partial charge in [-0.15, -0.1) is 11.3 Å². The van der Waals surface area contributed by atoms with E-state index in [4.69, 9.17) is 0 Å². The van der Waals surface area contributed by atoms with Gasteiger partial charge >= 0.3 is 0 Å². The number of benzene rings is 2. The molecule has 2 amide bonds. The van der Waals surface area contributed by atoms with Gasteiger partial charge in [0.2, 0.25) is 5.91 Å². The number of carbonyl (C=O) groups excluding carboxylic acids is 2. The fraction of sp³-hybridized carbons (Fsp3) is 0.250. The third-order valence-corrected chi connectivity index (χ3v) is 5.59. The molecule has 0 spiro atoms. The molecule has 0 aliphatic heterocycles. The first-order chi connectivity index (χ1) is 13.0. The van der Waals surface area contributed by atoms with Crippen LogP contribution < -0.4 is 10.6 Å². The Bertz CT molecular complexity index is 919. The maximum absolute atomic E-state index is 12.4. The van der Waals surface area contributed by atoms with Crippen LogP contribution in [0.2, 0.25) is 0 Å². The Kier molecular flexibility index (Phi) is 5.83. The molecule has 3 rings (SSSR count). The summed E-state index contributed by atoms with van der Waals surface area (Å²) in [4.78, 5) is 30.5. The number of nitrogens with one attached hydrogen (secondary N) is 2. The third kappa shape index (κ3) is 4.50. The molecule has 0 aliphatic carbocycles. The van der Waals surface area contributed by atoms with Crippen molar-refractivity contribution in [3.8, 4) is 0 Å². The molecule has 0 radical (unpaired) electrons. The molecule has 0 bridgehead atoms. The molecule has 1 atom stereocenters. The van der Waals surface area contributed by atoms with Crippen LogP contribution in [0.25, 0.3) is 10.2 Å². The van der Waals surface area contributed by atoms with Gasteiger partial charge in [-0.3, -0.25) is 14.5 Å². The number of nitrogens with zero attached hydrogens (tertiary/aromatic N) is 2. The summed E-state index contributed by atoms with van der Waals surface area (Å²) in [6.07, 6.45) is 0. The van der Waals surface area contributed by atoms with E-state index in [0.717, 1.165) is 15.2 Å². The van der Waals surface area contributed by atoms with Crippen LogP contribution >= 0.6 is 11.3 Å². The highest BCUT2D eigenvalue weighted by Crippen LogP contribution is 2.28. The number of hydrogen-bond acceptors (Lipinski definition) is 5. The molecule has 0 saturated carbocycles. The summed E-state index contributed by atoms with van der Waals surface area (Å²) < 4.78 is 1.15. The van der Waals surface area contributed by atoms with Crippen molar-refractivity contribution in [3.63, 3.8) is 0 Å². The monoisotopic (exact) mass is 382 g/mol. The van der Waals surface area contributed by atoms with Crippen molar-refractivity contribution in [3.05, 3.63) is 59.1 Å². The largest absolute Gasteiger partial charge is 0.355 e. The number of anilines is 1. The lowest BCUT2D eigenvalue weighted by molar-refractivity contribution is -0.117. The molecule has 3 aromatic rings. The summed E-state index contributed by atoms with van der Waals surface area (Å²) in [5.74, 6) is -0.268. The molecular formula is C20H22N4O2S. The quantitative estimate of drug-likeness (QED) is 0.686. The lowest BCUT2D eigenvalue weighted by Crippen LogP contribution is -2.32. The Hall–Kier alpha value is -2.77. The van der Waals surface area contributed by atoms with Gasteiger partial charge in [0, 0.05) is 18.3 Å². The molecule has 2 aromatic carbocycles. The maximum atomic E-state index is 12.4. The highest BCUT2D eigenvalue weighted by Gasteiger charge is 2.18. The standard InChI is InChI=1S/C20H22N4O2S/c1-13(20-23-16-6-4-5-7-17(16)27-20)24(3)12-18(25)22-15-10-8-14(9-11-15)19(26)21-2/h4-11,13H,12H2,1-3H3,(H,21,26)(H,22,25)/t13-/m0/s1. The number of hydrogen-bond donors (Lipinski definition) is 2. The Morgan fingerprint density at radius 1 is 1.15 bits per heavy atom. The van der Waals surface area contributed by atoms with Gasteiger partial charge in [0.1, 0.15) is 5.01 Å². The van der Waals surface area contributed by atoms with Gasteiger partial charge in [-0.1, -0.05) is 12.1 Å². The minimum atomic E-state index is -0.155. The normalized spacial score (nSPS) is 12.1. The van der Waals surface area contributed by atoms with Crippen LogP contribution in [-0.2, 0) is 4.79 Å². The van der Waals surface area contributed by atoms with E-state index >= 15 is 0 Å². The van der Waals surface area contributed by atoms with Crippen molar-refractivity contribution in [2.24, 2.45) is 0 Å². The second-order valence-corrected chi connectivity index (χ2v) is 7.38. The molecule has 0 aliphatic rings. The molecule has 7 heteroatoms. The summed E-state index contributed by atoms with van der Waals surface area (Å²) in [7, 11) is 3.49. The van der Waals surface area contributed by atoms with Gasteiger partial charge < -0.3 is 10.6 Å². The van der Waals surface area contributed by atoms with E-state index in [0.29, 0.717) is 11.3 Å². The first-order valence-corrected chi connectivity index (χ1v) is 9.47. The van der Waals surface area contributed by atoms with Crippen LogP contribution in [0.15, 0.2) is 48.5 Å². The molecule has 2 N–H and O–H groups in total. The summed E-state index contributed by atoms with van der Waals surface area (Å²) in [6.45, 7) is 2.29. The lowest BCUT2D eigenvalue weighted by Gasteiger charge is -2.22. The maximum Gasteiger partial charge on any atom is 0.251 e. The van der Waals surface area contributed by atoms with Crippen molar-refractivity contribution >= 4 is 39.1 Å². The van der Waals surface area contributed by atoms with Gasteiger partial charge in [0.15, 0.2) is 0 Å². The number of para-hydroxylation sites is 1. The number of fused-ring (bicyclic) bond motifs is 1. The summed E-state index contributed by atoms with van der Waals surface area (Å²) in [5.41, 5.74) is 2.20. The van der Waals surface area contributed by atoms with Gasteiger partial charge in [0.25, 0.3) is 5.91 Å². The van der Waals surface area contributed by atoms with E-state index in [1.165, 1.54) is 0 Å². The second-order valence-electron chi connectivity index (χ2n) is 6.32. The average Bonchev–Trinajstić information content (AvgIpc) is 3.11. The summed E-state index contributed by atoms with van der Waals surface area (Å²) in [5, 5.41) is 6.42. The van der Waals surface area contributed by atoms with Crippen LogP contribution in [-0.4, -0.2) is 42.3 Å². The summed E-state index contributed by atoms with van der Waals surface area (Å²) >= 11 is 1.65. The zero-order chi connectivity index (χ0) is 19.4. The van der Waals surface area contributed by atoms with Crippen molar-refractivity contribution in [2.45, 2.75) is 13.0 Å². The van der Waals surface area contributed by atoms with Crippen LogP contribution in [0.1, 0.15) is 28.3 Å². The molecule has 6 nitrogen and oxygen atoms in total. The van der Waals surface area contributed by atoms with Crippen LogP contribution in [0.3, 0.4) is 0 Å². The van der Waals surface area contributed by atoms with Gasteiger partial charge in [-0.2, -0.15) is 0 Å². The topological polar surface area (TPSA) is 74.3 Å². The van der Waals surface area contributed by atoms with E-state index in [-0.39, 0.29) is 24.4 Å². The first-order valence-electron chi connectivity index (χ1n) is 8.65. The molecule has 1 heterocycles. The molecule has 0 unspecified atom stereocenters. The van der Waals surface area contributed by atoms with Crippen LogP contribution in [0.5, 0.6) is 0 Å². The van der Waals surface area contributed by atoms with Crippen LogP contribution in [0, 0.1) is 0 Å². The molecular weight excluding hydrogens is 360 g/mol. The zero-order valence-corrected chi connectivity index (χ0v) is 16.3. The van der Waals surface area contributed by atoms with E-state index < -0.39 is 0 Å². The minimum absolute atomic E-state index is 0.0313. The predicted octanol–water partition coefficient (Wildman–Crippen LogP) is 3.29. The lowest BCUT2D eigenvalue weighted by atomic mass is 10.2. The predicted molar refractivity (Wildman–Crippen MR) is 109 cm³/mol. The van der Waals surface area contributed by atoms with Crippen LogP contribution in [0.4, 0.5) is 5.69 Å². The van der Waals surface area contributed by atoms with Crippen molar-refractivity contribution in [2.75, 3.05) is 26.0 Å². The van der Waals surface area contributed by atoms with Crippen molar-refractivity contribution < 1.29 is 9.59 Å². The molecule has 0 saturated heterocycles. The smallest absolute Gasteiger partial charge is 0.251 e. The molecule has 1 aromatic heterocycles. The number of rotatable bonds is 6. The number of aromatic nitrogens is 1. The van der Waals surface area contributed by atoms with E-state index in [9.17, 15) is 9.59 Å². The number of likely N-dealkylation sites (N-methyl/N-ethyl adjacent to an activating group) is 1. The number of thiazole rings is 1. The zero-order valence-electron chi connectivity index (χ0n) is 15.5. The Morgan fingerprint density at radius 2 is 1.85 bits per heavy atom. The highest BCUT2D eigenvalue weighted by atomic mass is 32.1. The SMILES string of the molecule is CNC(=O)c1ccc(NC(=O)CN(C)[C@@H](C)c2nc3ccccc3s2)cc1. The minimum Gasteiger partial charge on any atom is -0.355 e. The number of carbonyl (C=O) groups is 2. The third-order valence-electron chi connectivity index (χ3n) is 4.38. The van der Waals surface area contributed by atoms with E-state index in [2.05, 4.69) is 21.7 Å². The van der Waals surface area contributed by atoms with Gasteiger partial charge in [-0.05, 0) is 50.4 Å². The second kappa shape index (κ2) is 8.28. The molecule has 0 fully saturated rings. The Labute approximate surface area is 162 Å². The van der Waals surface area contributed by atoms with Crippen molar-refractivity contribution in [1.29, 1.82) is 0 Å². The first kappa shape index (κ1) is 19.0.